The molecular weight excluding hydrogens is 224 g/mol. The van der Waals surface area contributed by atoms with Crippen LogP contribution in [0.5, 0.6) is 0 Å². The second-order valence-electron chi connectivity index (χ2n) is 5.59. The molecular formula is C11H22N2O2S. The number of hydrogen-bond acceptors (Lipinski definition) is 3. The fourth-order valence-corrected chi connectivity index (χ4v) is 4.90. The molecule has 1 aliphatic carbocycles. The highest BCUT2D eigenvalue weighted by atomic mass is 32.2. The van der Waals surface area contributed by atoms with E-state index in [1.807, 2.05) is 13.8 Å². The number of nitrogens with two attached hydrogens (primary N) is 1. The number of fused-ring (bicyclic) bond motifs is 2. The second kappa shape index (κ2) is 4.27. The van der Waals surface area contributed by atoms with Gasteiger partial charge in [0.1, 0.15) is 0 Å². The molecule has 2 fully saturated rings. The zero-order valence-electron chi connectivity index (χ0n) is 10.1. The first-order valence-corrected chi connectivity index (χ1v) is 7.76. The molecule has 2 N–H and O–H groups in total. The van der Waals surface area contributed by atoms with Gasteiger partial charge < -0.3 is 5.73 Å². The minimum atomic E-state index is -3.13. The van der Waals surface area contributed by atoms with Crippen molar-refractivity contribution in [2.45, 2.75) is 45.2 Å². The number of hydrogen-bond donors (Lipinski definition) is 1. The molecule has 2 rings (SSSR count). The van der Waals surface area contributed by atoms with Crippen molar-refractivity contribution in [2.24, 2.45) is 17.6 Å². The van der Waals surface area contributed by atoms with E-state index in [1.54, 1.807) is 4.31 Å². The molecule has 1 saturated carbocycles. The Hall–Kier alpha value is -0.130. The summed E-state index contributed by atoms with van der Waals surface area (Å²) >= 11 is 0. The number of sulfonamides is 1. The maximum Gasteiger partial charge on any atom is 0.215 e. The Morgan fingerprint density at radius 1 is 1.38 bits per heavy atom. The average molecular weight is 246 g/mol. The standard InChI is InChI=1S/C11H22N2O2S/c1-8(2)11(12)7-16(14,15)13-6-9-3-4-10(13)5-9/h8-11H,3-7,12H2,1-2H3. The lowest BCUT2D eigenvalue weighted by Crippen LogP contribution is -2.44. The minimum Gasteiger partial charge on any atom is -0.326 e. The van der Waals surface area contributed by atoms with Gasteiger partial charge in [-0.1, -0.05) is 13.8 Å². The van der Waals surface area contributed by atoms with Crippen LogP contribution >= 0.6 is 0 Å². The van der Waals surface area contributed by atoms with E-state index in [0.29, 0.717) is 5.92 Å². The molecule has 0 aromatic rings. The van der Waals surface area contributed by atoms with Gasteiger partial charge in [-0.25, -0.2) is 8.42 Å². The lowest BCUT2D eigenvalue weighted by molar-refractivity contribution is 0.330. The van der Waals surface area contributed by atoms with Crippen molar-refractivity contribution in [3.8, 4) is 0 Å². The molecule has 0 radical (unpaired) electrons. The molecule has 1 aliphatic heterocycles. The van der Waals surface area contributed by atoms with Crippen molar-refractivity contribution in [3.63, 3.8) is 0 Å². The van der Waals surface area contributed by atoms with Crippen LogP contribution in [0.25, 0.3) is 0 Å². The van der Waals surface area contributed by atoms with Crippen LogP contribution in [-0.4, -0.2) is 37.1 Å². The van der Waals surface area contributed by atoms with E-state index < -0.39 is 10.0 Å². The smallest absolute Gasteiger partial charge is 0.215 e. The van der Waals surface area contributed by atoms with Gasteiger partial charge in [0.2, 0.25) is 10.0 Å². The van der Waals surface area contributed by atoms with Crippen LogP contribution in [-0.2, 0) is 10.0 Å². The van der Waals surface area contributed by atoms with Crippen LogP contribution in [0, 0.1) is 11.8 Å². The summed E-state index contributed by atoms with van der Waals surface area (Å²) in [5.74, 6) is 0.929. The van der Waals surface area contributed by atoms with Crippen molar-refractivity contribution in [1.29, 1.82) is 0 Å². The molecule has 2 aliphatic rings. The first-order chi connectivity index (χ1) is 7.40. The van der Waals surface area contributed by atoms with Crippen molar-refractivity contribution in [1.82, 2.24) is 4.31 Å². The zero-order valence-corrected chi connectivity index (χ0v) is 10.9. The van der Waals surface area contributed by atoms with Crippen LogP contribution in [0.3, 0.4) is 0 Å². The minimum absolute atomic E-state index is 0.105. The highest BCUT2D eigenvalue weighted by Crippen LogP contribution is 2.39. The largest absolute Gasteiger partial charge is 0.326 e. The van der Waals surface area contributed by atoms with Crippen molar-refractivity contribution < 1.29 is 8.42 Å². The molecule has 5 heteroatoms. The SMILES string of the molecule is CC(C)C(N)CS(=O)(=O)N1CC2CCC1C2. The fourth-order valence-electron chi connectivity index (χ4n) is 2.75. The van der Waals surface area contributed by atoms with Gasteiger partial charge in [0, 0.05) is 18.6 Å². The summed E-state index contributed by atoms with van der Waals surface area (Å²) in [5, 5.41) is 0. The maximum atomic E-state index is 12.2. The third-order valence-corrected chi connectivity index (χ3v) is 5.94. The van der Waals surface area contributed by atoms with Crippen LogP contribution in [0.2, 0.25) is 0 Å². The zero-order chi connectivity index (χ0) is 11.9. The fraction of sp³-hybridized carbons (Fsp3) is 1.00. The first kappa shape index (κ1) is 12.3. The molecule has 3 unspecified atom stereocenters. The predicted octanol–water partition coefficient (Wildman–Crippen LogP) is 0.784. The topological polar surface area (TPSA) is 63.4 Å². The summed E-state index contributed by atoms with van der Waals surface area (Å²) in [7, 11) is -3.13. The van der Waals surface area contributed by atoms with Crippen molar-refractivity contribution in [2.75, 3.05) is 12.3 Å². The summed E-state index contributed by atoms with van der Waals surface area (Å²) in [6.45, 7) is 4.67. The number of piperidine rings is 1. The maximum absolute atomic E-state index is 12.2. The van der Waals surface area contributed by atoms with Gasteiger partial charge in [-0.05, 0) is 31.1 Å². The Morgan fingerprint density at radius 3 is 2.50 bits per heavy atom. The summed E-state index contributed by atoms with van der Waals surface area (Å²) in [6.07, 6.45) is 3.31. The normalized spacial score (nSPS) is 32.5. The molecule has 1 heterocycles. The van der Waals surface area contributed by atoms with E-state index in [0.717, 1.165) is 19.4 Å². The Bertz CT molecular complexity index is 353. The van der Waals surface area contributed by atoms with E-state index in [4.69, 9.17) is 5.73 Å². The summed E-state index contributed by atoms with van der Waals surface area (Å²) in [4.78, 5) is 0. The van der Waals surface area contributed by atoms with E-state index >= 15 is 0 Å². The molecule has 0 aromatic carbocycles. The predicted molar refractivity (Wildman–Crippen MR) is 64.4 cm³/mol. The van der Waals surface area contributed by atoms with E-state index in [-0.39, 0.29) is 23.8 Å². The molecule has 0 aromatic heterocycles. The lowest BCUT2D eigenvalue weighted by atomic mass is 10.1. The Morgan fingerprint density at radius 2 is 2.06 bits per heavy atom. The van der Waals surface area contributed by atoms with Crippen molar-refractivity contribution in [3.05, 3.63) is 0 Å². The van der Waals surface area contributed by atoms with Crippen LogP contribution in [0.1, 0.15) is 33.1 Å². The molecule has 16 heavy (non-hydrogen) atoms. The molecule has 0 amide bonds. The molecule has 1 saturated heterocycles. The Balaban J connectivity index is 2.03. The Kier molecular flexibility index (Phi) is 3.29. The van der Waals surface area contributed by atoms with Gasteiger partial charge >= 0.3 is 0 Å². The van der Waals surface area contributed by atoms with Gasteiger partial charge in [-0.15, -0.1) is 0 Å². The highest BCUT2D eigenvalue weighted by molar-refractivity contribution is 7.89. The average Bonchev–Trinajstić information content (AvgIpc) is 2.77. The molecule has 2 bridgehead atoms. The quantitative estimate of drug-likeness (QED) is 0.797. The monoisotopic (exact) mass is 246 g/mol. The lowest BCUT2D eigenvalue weighted by Gasteiger charge is -2.28. The number of rotatable bonds is 4. The third kappa shape index (κ3) is 2.26. The van der Waals surface area contributed by atoms with Gasteiger partial charge in [0.05, 0.1) is 5.75 Å². The van der Waals surface area contributed by atoms with E-state index in [9.17, 15) is 8.42 Å². The van der Waals surface area contributed by atoms with Crippen LogP contribution < -0.4 is 5.73 Å². The van der Waals surface area contributed by atoms with E-state index in [2.05, 4.69) is 0 Å². The van der Waals surface area contributed by atoms with Gasteiger partial charge in [0.25, 0.3) is 0 Å². The van der Waals surface area contributed by atoms with Crippen LogP contribution in [0.15, 0.2) is 0 Å². The summed E-state index contributed by atoms with van der Waals surface area (Å²) in [6, 6.07) is 0.0264. The number of nitrogens with zero attached hydrogens (tertiary/aromatic N) is 1. The third-order valence-electron chi connectivity index (χ3n) is 3.98. The molecule has 0 spiro atoms. The summed E-state index contributed by atoms with van der Waals surface area (Å²) < 4.78 is 26.1. The van der Waals surface area contributed by atoms with Gasteiger partial charge in [-0.3, -0.25) is 0 Å². The van der Waals surface area contributed by atoms with Gasteiger partial charge in [-0.2, -0.15) is 4.31 Å². The van der Waals surface area contributed by atoms with E-state index in [1.165, 1.54) is 6.42 Å². The summed E-state index contributed by atoms with van der Waals surface area (Å²) in [5.41, 5.74) is 5.86. The Labute approximate surface area is 98.2 Å². The van der Waals surface area contributed by atoms with Gasteiger partial charge in [0.15, 0.2) is 0 Å². The second-order valence-corrected chi connectivity index (χ2v) is 7.56. The first-order valence-electron chi connectivity index (χ1n) is 6.15. The van der Waals surface area contributed by atoms with Crippen molar-refractivity contribution >= 4 is 10.0 Å². The molecule has 4 nitrogen and oxygen atoms in total. The molecule has 94 valence electrons. The van der Waals surface area contributed by atoms with Crippen LogP contribution in [0.4, 0.5) is 0 Å². The molecule has 3 atom stereocenters. The highest BCUT2D eigenvalue weighted by Gasteiger charge is 2.43.